The van der Waals surface area contributed by atoms with E-state index in [0.29, 0.717) is 0 Å². The van der Waals surface area contributed by atoms with Gasteiger partial charge in [-0.3, -0.25) is 9.89 Å². The van der Waals surface area contributed by atoms with E-state index >= 15 is 0 Å². The molecule has 0 saturated heterocycles. The van der Waals surface area contributed by atoms with E-state index in [0.717, 1.165) is 41.8 Å². The van der Waals surface area contributed by atoms with Crippen LogP contribution in [0.2, 0.25) is 0 Å². The van der Waals surface area contributed by atoms with Crippen LogP contribution in [-0.4, -0.2) is 9.78 Å². The van der Waals surface area contributed by atoms with Crippen molar-refractivity contribution in [2.45, 2.75) is 26.2 Å². The summed E-state index contributed by atoms with van der Waals surface area (Å²) in [6.45, 7) is 2.16. The molecule has 0 saturated carbocycles. The summed E-state index contributed by atoms with van der Waals surface area (Å²) in [5.41, 5.74) is 3.67. The predicted octanol–water partition coefficient (Wildman–Crippen LogP) is 4.18. The van der Waals surface area contributed by atoms with Gasteiger partial charge in [0.25, 0.3) is 5.56 Å². The lowest BCUT2D eigenvalue weighted by Gasteiger charge is -2.01. The van der Waals surface area contributed by atoms with Crippen molar-refractivity contribution in [1.29, 1.82) is 0 Å². The van der Waals surface area contributed by atoms with E-state index < -0.39 is 0 Å². The Morgan fingerprint density at radius 2 is 1.59 bits per heavy atom. The van der Waals surface area contributed by atoms with Crippen molar-refractivity contribution in [1.82, 2.24) is 9.78 Å². The maximum atomic E-state index is 12.9. The third kappa shape index (κ3) is 2.75. The molecule has 0 bridgehead atoms. The molecule has 3 heteroatoms. The second-order valence-corrected chi connectivity index (χ2v) is 5.41. The average molecular weight is 292 g/mol. The fourth-order valence-corrected chi connectivity index (χ4v) is 2.68. The number of unbranched alkanes of at least 4 members (excludes halogenated alkanes) is 1. The van der Waals surface area contributed by atoms with Gasteiger partial charge in [0.05, 0.1) is 11.3 Å². The van der Waals surface area contributed by atoms with E-state index in [-0.39, 0.29) is 5.56 Å². The van der Waals surface area contributed by atoms with Gasteiger partial charge >= 0.3 is 0 Å². The molecule has 0 unspecified atom stereocenters. The monoisotopic (exact) mass is 292 g/mol. The molecule has 3 rings (SSSR count). The van der Waals surface area contributed by atoms with Crippen molar-refractivity contribution in [3.05, 3.63) is 76.7 Å². The largest absolute Gasteiger partial charge is 0.294 e. The zero-order chi connectivity index (χ0) is 15.4. The molecular formula is C19H20N2O. The fraction of sp³-hybridized carbons (Fsp3) is 0.211. The van der Waals surface area contributed by atoms with Crippen molar-refractivity contribution in [2.24, 2.45) is 0 Å². The van der Waals surface area contributed by atoms with Gasteiger partial charge < -0.3 is 0 Å². The highest BCUT2D eigenvalue weighted by Crippen LogP contribution is 2.21. The summed E-state index contributed by atoms with van der Waals surface area (Å²) in [7, 11) is 0. The summed E-state index contributed by atoms with van der Waals surface area (Å²) < 4.78 is 1.65. The number of aryl methyl sites for hydroxylation is 1. The number of para-hydroxylation sites is 1. The first-order valence-electron chi connectivity index (χ1n) is 7.76. The molecule has 3 aromatic rings. The molecule has 112 valence electrons. The Bertz CT molecular complexity index is 785. The van der Waals surface area contributed by atoms with Gasteiger partial charge in [0.2, 0.25) is 0 Å². The molecular weight excluding hydrogens is 272 g/mol. The molecule has 0 aliphatic rings. The second kappa shape index (κ2) is 6.48. The van der Waals surface area contributed by atoms with Crippen LogP contribution < -0.4 is 5.56 Å². The Labute approximate surface area is 130 Å². The average Bonchev–Trinajstić information content (AvgIpc) is 2.91. The number of nitrogens with one attached hydrogen (secondary N) is 1. The van der Waals surface area contributed by atoms with Crippen LogP contribution in [-0.2, 0) is 6.42 Å². The van der Waals surface area contributed by atoms with Gasteiger partial charge in [-0.15, -0.1) is 0 Å². The number of nitrogens with zero attached hydrogens (tertiary/aromatic N) is 1. The first-order chi connectivity index (χ1) is 10.8. The number of hydrogen-bond acceptors (Lipinski definition) is 1. The third-order valence-corrected chi connectivity index (χ3v) is 3.82. The summed E-state index contributed by atoms with van der Waals surface area (Å²) in [6, 6.07) is 19.6. The van der Waals surface area contributed by atoms with Gasteiger partial charge in [0.1, 0.15) is 0 Å². The van der Waals surface area contributed by atoms with Crippen LogP contribution >= 0.6 is 0 Å². The van der Waals surface area contributed by atoms with Gasteiger partial charge in [-0.1, -0.05) is 61.9 Å². The van der Waals surface area contributed by atoms with Gasteiger partial charge in [0.15, 0.2) is 0 Å². The lowest BCUT2D eigenvalue weighted by atomic mass is 10.0. The smallest absolute Gasteiger partial charge is 0.279 e. The molecule has 1 aromatic heterocycles. The molecule has 1 heterocycles. The second-order valence-electron chi connectivity index (χ2n) is 5.41. The maximum absolute atomic E-state index is 12.9. The summed E-state index contributed by atoms with van der Waals surface area (Å²) in [4.78, 5) is 12.9. The van der Waals surface area contributed by atoms with E-state index in [4.69, 9.17) is 0 Å². The van der Waals surface area contributed by atoms with Crippen LogP contribution in [0.3, 0.4) is 0 Å². The molecule has 2 aromatic carbocycles. The quantitative estimate of drug-likeness (QED) is 0.753. The minimum atomic E-state index is 0.0171. The molecule has 0 atom stereocenters. The normalized spacial score (nSPS) is 10.8. The molecule has 0 aliphatic heterocycles. The standard InChI is InChI=1S/C19H20N2O/c1-2-3-14-17-18(15-10-6-4-7-11-15)19(22)21(20-17)16-12-8-5-9-13-16/h4-13,20H,2-3,14H2,1H3. The van der Waals surface area contributed by atoms with Crippen LogP contribution in [0, 0.1) is 0 Å². The third-order valence-electron chi connectivity index (χ3n) is 3.82. The zero-order valence-corrected chi connectivity index (χ0v) is 12.8. The van der Waals surface area contributed by atoms with Crippen molar-refractivity contribution in [3.63, 3.8) is 0 Å². The molecule has 0 spiro atoms. The van der Waals surface area contributed by atoms with E-state index in [1.54, 1.807) is 4.68 Å². The summed E-state index contributed by atoms with van der Waals surface area (Å²) in [6.07, 6.45) is 3.05. The highest BCUT2D eigenvalue weighted by molar-refractivity contribution is 5.65. The predicted molar refractivity (Wildman–Crippen MR) is 90.4 cm³/mol. The van der Waals surface area contributed by atoms with Gasteiger partial charge in [-0.05, 0) is 30.5 Å². The Morgan fingerprint density at radius 3 is 2.23 bits per heavy atom. The summed E-state index contributed by atoms with van der Waals surface area (Å²) >= 11 is 0. The van der Waals surface area contributed by atoms with Gasteiger partial charge in [-0.25, -0.2) is 4.68 Å². The highest BCUT2D eigenvalue weighted by atomic mass is 16.1. The Morgan fingerprint density at radius 1 is 0.955 bits per heavy atom. The first-order valence-corrected chi connectivity index (χ1v) is 7.76. The topological polar surface area (TPSA) is 37.8 Å². The van der Waals surface area contributed by atoms with E-state index in [9.17, 15) is 4.79 Å². The Kier molecular flexibility index (Phi) is 4.24. The lowest BCUT2D eigenvalue weighted by molar-refractivity contribution is 0.748. The SMILES string of the molecule is CCCCc1[nH]n(-c2ccccc2)c(=O)c1-c1ccccc1. The van der Waals surface area contributed by atoms with Crippen LogP contribution in [0.4, 0.5) is 0 Å². The van der Waals surface area contributed by atoms with Crippen molar-refractivity contribution in [2.75, 3.05) is 0 Å². The molecule has 3 nitrogen and oxygen atoms in total. The van der Waals surface area contributed by atoms with Gasteiger partial charge in [-0.2, -0.15) is 0 Å². The molecule has 0 amide bonds. The van der Waals surface area contributed by atoms with Crippen molar-refractivity contribution < 1.29 is 0 Å². The first kappa shape index (κ1) is 14.4. The Hall–Kier alpha value is -2.55. The lowest BCUT2D eigenvalue weighted by Crippen LogP contribution is -2.15. The Balaban J connectivity index is 2.15. The van der Waals surface area contributed by atoms with Crippen molar-refractivity contribution in [3.8, 4) is 16.8 Å². The number of benzene rings is 2. The fourth-order valence-electron chi connectivity index (χ4n) is 2.68. The van der Waals surface area contributed by atoms with Crippen LogP contribution in [0.1, 0.15) is 25.5 Å². The number of hydrogen-bond donors (Lipinski definition) is 1. The van der Waals surface area contributed by atoms with E-state index in [1.165, 1.54) is 0 Å². The number of rotatable bonds is 5. The van der Waals surface area contributed by atoms with Crippen molar-refractivity contribution >= 4 is 0 Å². The molecule has 22 heavy (non-hydrogen) atoms. The molecule has 0 fully saturated rings. The van der Waals surface area contributed by atoms with Crippen LogP contribution in [0.25, 0.3) is 16.8 Å². The van der Waals surface area contributed by atoms with Crippen LogP contribution in [0.15, 0.2) is 65.5 Å². The zero-order valence-electron chi connectivity index (χ0n) is 12.8. The highest BCUT2D eigenvalue weighted by Gasteiger charge is 2.16. The van der Waals surface area contributed by atoms with Gasteiger partial charge in [0, 0.05) is 5.69 Å². The summed E-state index contributed by atoms with van der Waals surface area (Å²) in [5.74, 6) is 0. The minimum Gasteiger partial charge on any atom is -0.294 e. The van der Waals surface area contributed by atoms with E-state index in [1.807, 2.05) is 60.7 Å². The molecule has 1 N–H and O–H groups in total. The van der Waals surface area contributed by atoms with E-state index in [2.05, 4.69) is 12.0 Å². The summed E-state index contributed by atoms with van der Waals surface area (Å²) in [5, 5.41) is 3.30. The molecule has 0 radical (unpaired) electrons. The number of aromatic amines is 1. The molecule has 0 aliphatic carbocycles. The minimum absolute atomic E-state index is 0.0171. The number of H-pyrrole nitrogens is 1. The number of aromatic nitrogens is 2. The maximum Gasteiger partial charge on any atom is 0.279 e. The van der Waals surface area contributed by atoms with Crippen LogP contribution in [0.5, 0.6) is 0 Å².